The number of amides is 2. The van der Waals surface area contributed by atoms with E-state index in [4.69, 9.17) is 5.11 Å². The Morgan fingerprint density at radius 2 is 2.22 bits per heavy atom. The van der Waals surface area contributed by atoms with Crippen LogP contribution in [-0.2, 0) is 4.79 Å². The predicted octanol–water partition coefficient (Wildman–Crippen LogP) is 2.31. The van der Waals surface area contributed by atoms with Crippen LogP contribution in [0.2, 0.25) is 0 Å². The molecule has 100 valence electrons. The predicted molar refractivity (Wildman–Crippen MR) is 70.7 cm³/mol. The third kappa shape index (κ3) is 3.46. The second-order valence-electron chi connectivity index (χ2n) is 4.06. The number of thiophene rings is 1. The number of carboxylic acid groups (broad SMARTS) is 1. The van der Waals surface area contributed by atoms with Crippen molar-refractivity contribution in [1.82, 2.24) is 10.2 Å². The van der Waals surface area contributed by atoms with E-state index in [1.165, 1.54) is 11.9 Å². The van der Waals surface area contributed by atoms with Crippen molar-refractivity contribution in [3.8, 4) is 0 Å². The zero-order valence-electron chi connectivity index (χ0n) is 10.7. The fourth-order valence-electron chi connectivity index (χ4n) is 1.65. The molecular formula is C12H18N2O3S. The van der Waals surface area contributed by atoms with Crippen molar-refractivity contribution < 1.29 is 14.7 Å². The van der Waals surface area contributed by atoms with Gasteiger partial charge in [0.1, 0.15) is 6.04 Å². The van der Waals surface area contributed by atoms with Crippen LogP contribution in [0.3, 0.4) is 0 Å². The Balaban J connectivity index is 2.62. The molecule has 1 heterocycles. The van der Waals surface area contributed by atoms with E-state index in [0.29, 0.717) is 6.42 Å². The molecule has 0 bridgehead atoms. The first-order chi connectivity index (χ1) is 8.47. The number of aliphatic carboxylic acids is 1. The summed E-state index contributed by atoms with van der Waals surface area (Å²) >= 11 is 1.56. The number of carboxylic acids is 1. The summed E-state index contributed by atoms with van der Waals surface area (Å²) in [4.78, 5) is 25.2. The number of hydrogen-bond acceptors (Lipinski definition) is 3. The monoisotopic (exact) mass is 270 g/mol. The van der Waals surface area contributed by atoms with Crippen LogP contribution in [0.25, 0.3) is 0 Å². The van der Waals surface area contributed by atoms with Crippen LogP contribution in [-0.4, -0.2) is 35.1 Å². The summed E-state index contributed by atoms with van der Waals surface area (Å²) in [5, 5.41) is 13.7. The van der Waals surface area contributed by atoms with Gasteiger partial charge in [0.15, 0.2) is 0 Å². The van der Waals surface area contributed by atoms with Crippen LogP contribution in [0, 0.1) is 0 Å². The number of carbonyl (C=O) groups is 2. The lowest BCUT2D eigenvalue weighted by Crippen LogP contribution is -2.47. The van der Waals surface area contributed by atoms with Crippen LogP contribution in [0.1, 0.15) is 31.2 Å². The maximum absolute atomic E-state index is 11.9. The van der Waals surface area contributed by atoms with E-state index in [1.54, 1.807) is 18.3 Å². The lowest BCUT2D eigenvalue weighted by molar-refractivity contribution is -0.141. The van der Waals surface area contributed by atoms with Gasteiger partial charge >= 0.3 is 12.0 Å². The summed E-state index contributed by atoms with van der Waals surface area (Å²) in [6, 6.07) is 2.57. The van der Waals surface area contributed by atoms with Gasteiger partial charge in [-0.15, -0.1) is 11.3 Å². The van der Waals surface area contributed by atoms with Gasteiger partial charge in [0.2, 0.25) is 0 Å². The Labute approximate surface area is 110 Å². The van der Waals surface area contributed by atoms with Crippen molar-refractivity contribution >= 4 is 23.3 Å². The van der Waals surface area contributed by atoms with Crippen LogP contribution in [0.15, 0.2) is 17.5 Å². The Morgan fingerprint density at radius 1 is 1.56 bits per heavy atom. The molecule has 18 heavy (non-hydrogen) atoms. The van der Waals surface area contributed by atoms with Gasteiger partial charge in [-0.1, -0.05) is 13.0 Å². The van der Waals surface area contributed by atoms with Crippen molar-refractivity contribution in [2.45, 2.75) is 32.4 Å². The standard InChI is InChI=1S/C12H18N2O3S/c1-4-9(11(15)16)14(3)12(17)13-8(2)10-6-5-7-18-10/h5-9H,4H2,1-3H3,(H,13,17)(H,15,16). The summed E-state index contributed by atoms with van der Waals surface area (Å²) in [5.74, 6) is -0.987. The molecule has 0 aromatic carbocycles. The van der Waals surface area contributed by atoms with E-state index in [2.05, 4.69) is 5.32 Å². The van der Waals surface area contributed by atoms with Crippen LogP contribution in [0.5, 0.6) is 0 Å². The summed E-state index contributed by atoms with van der Waals surface area (Å²) < 4.78 is 0. The van der Waals surface area contributed by atoms with Gasteiger partial charge in [-0.05, 0) is 24.8 Å². The minimum absolute atomic E-state index is 0.119. The number of hydrogen-bond donors (Lipinski definition) is 2. The Hall–Kier alpha value is -1.56. The highest BCUT2D eigenvalue weighted by atomic mass is 32.1. The molecule has 0 spiro atoms. The molecule has 2 amide bonds. The van der Waals surface area contributed by atoms with Gasteiger partial charge in [0.25, 0.3) is 0 Å². The van der Waals surface area contributed by atoms with E-state index in [0.717, 1.165) is 4.88 Å². The molecule has 1 aromatic heterocycles. The normalized spacial score (nSPS) is 13.7. The molecule has 0 fully saturated rings. The second-order valence-corrected chi connectivity index (χ2v) is 5.04. The van der Waals surface area contributed by atoms with Gasteiger partial charge in [0, 0.05) is 11.9 Å². The Morgan fingerprint density at radius 3 is 2.67 bits per heavy atom. The van der Waals surface area contributed by atoms with Crippen molar-refractivity contribution in [1.29, 1.82) is 0 Å². The lowest BCUT2D eigenvalue weighted by Gasteiger charge is -2.25. The minimum Gasteiger partial charge on any atom is -0.480 e. The molecule has 0 saturated carbocycles. The largest absolute Gasteiger partial charge is 0.480 e. The van der Waals surface area contributed by atoms with E-state index in [9.17, 15) is 9.59 Å². The Kier molecular flexibility index (Phi) is 5.15. The Bertz CT molecular complexity index is 405. The summed E-state index contributed by atoms with van der Waals surface area (Å²) in [5.41, 5.74) is 0. The molecule has 5 nitrogen and oxygen atoms in total. The van der Waals surface area contributed by atoms with Crippen LogP contribution < -0.4 is 5.32 Å². The molecule has 6 heteroatoms. The molecule has 2 atom stereocenters. The molecule has 2 N–H and O–H groups in total. The van der Waals surface area contributed by atoms with Crippen LogP contribution >= 0.6 is 11.3 Å². The molecule has 0 saturated heterocycles. The topological polar surface area (TPSA) is 69.6 Å². The quantitative estimate of drug-likeness (QED) is 0.862. The summed E-state index contributed by atoms with van der Waals surface area (Å²) in [7, 11) is 1.50. The third-order valence-electron chi connectivity index (χ3n) is 2.77. The van der Waals surface area contributed by atoms with Crippen molar-refractivity contribution in [2.24, 2.45) is 0 Å². The van der Waals surface area contributed by atoms with E-state index in [1.807, 2.05) is 24.4 Å². The molecule has 0 aliphatic rings. The number of nitrogens with zero attached hydrogens (tertiary/aromatic N) is 1. The fourth-order valence-corrected chi connectivity index (χ4v) is 2.39. The second kappa shape index (κ2) is 6.39. The highest BCUT2D eigenvalue weighted by molar-refractivity contribution is 7.10. The maximum Gasteiger partial charge on any atom is 0.326 e. The summed E-state index contributed by atoms with van der Waals surface area (Å²) in [6.07, 6.45) is 0.382. The van der Waals surface area contributed by atoms with Gasteiger partial charge in [-0.2, -0.15) is 0 Å². The summed E-state index contributed by atoms with van der Waals surface area (Å²) in [6.45, 7) is 3.62. The highest BCUT2D eigenvalue weighted by Gasteiger charge is 2.25. The third-order valence-corrected chi connectivity index (χ3v) is 3.82. The van der Waals surface area contributed by atoms with Crippen molar-refractivity contribution in [2.75, 3.05) is 7.05 Å². The zero-order chi connectivity index (χ0) is 13.7. The molecule has 0 aliphatic carbocycles. The number of likely N-dealkylation sites (N-methyl/N-ethyl adjacent to an activating group) is 1. The maximum atomic E-state index is 11.9. The highest BCUT2D eigenvalue weighted by Crippen LogP contribution is 2.18. The number of rotatable bonds is 5. The smallest absolute Gasteiger partial charge is 0.326 e. The first kappa shape index (κ1) is 14.5. The SMILES string of the molecule is CCC(C(=O)O)N(C)C(=O)NC(C)c1cccs1. The minimum atomic E-state index is -0.987. The van der Waals surface area contributed by atoms with E-state index < -0.39 is 12.0 Å². The first-order valence-electron chi connectivity index (χ1n) is 5.76. The molecule has 2 unspecified atom stereocenters. The average molecular weight is 270 g/mol. The van der Waals surface area contributed by atoms with Gasteiger partial charge < -0.3 is 15.3 Å². The van der Waals surface area contributed by atoms with E-state index >= 15 is 0 Å². The first-order valence-corrected chi connectivity index (χ1v) is 6.64. The molecule has 0 radical (unpaired) electrons. The number of carbonyl (C=O) groups excluding carboxylic acids is 1. The van der Waals surface area contributed by atoms with Crippen LogP contribution in [0.4, 0.5) is 4.79 Å². The lowest BCUT2D eigenvalue weighted by atomic mass is 10.2. The molecule has 1 aromatic rings. The van der Waals surface area contributed by atoms with Gasteiger partial charge in [0.05, 0.1) is 6.04 Å². The van der Waals surface area contributed by atoms with Gasteiger partial charge in [-0.3, -0.25) is 0 Å². The molecular weight excluding hydrogens is 252 g/mol. The average Bonchev–Trinajstić information content (AvgIpc) is 2.82. The molecule has 1 rings (SSSR count). The van der Waals surface area contributed by atoms with Crippen molar-refractivity contribution in [3.05, 3.63) is 22.4 Å². The van der Waals surface area contributed by atoms with Crippen molar-refractivity contribution in [3.63, 3.8) is 0 Å². The number of nitrogens with one attached hydrogen (secondary N) is 1. The van der Waals surface area contributed by atoms with Gasteiger partial charge in [-0.25, -0.2) is 9.59 Å². The fraction of sp³-hybridized carbons (Fsp3) is 0.500. The number of urea groups is 1. The van der Waals surface area contributed by atoms with E-state index in [-0.39, 0.29) is 12.1 Å². The zero-order valence-corrected chi connectivity index (χ0v) is 11.5. The molecule has 0 aliphatic heterocycles.